The van der Waals surface area contributed by atoms with Gasteiger partial charge in [0.2, 0.25) is 0 Å². The predicted octanol–water partition coefficient (Wildman–Crippen LogP) is 5.17. The topological polar surface area (TPSA) is 691 Å². The zero-order chi connectivity index (χ0) is 71.2. The number of nitrogens with two attached hydrogens (primary N) is 2. The molecule has 0 saturated heterocycles. The lowest BCUT2D eigenvalue weighted by atomic mass is 10.3. The predicted molar refractivity (Wildman–Crippen MR) is 301 cm³/mol. The average Bonchev–Trinajstić information content (AvgIpc) is 3.57. The van der Waals surface area contributed by atoms with E-state index in [1.165, 1.54) is 18.6 Å². The molecule has 89 heavy (non-hydrogen) atoms. The van der Waals surface area contributed by atoms with E-state index in [0.717, 1.165) is 54.2 Å². The standard InChI is InChI=1S/C9H15FN2O10P6.C8H20FNO6P2.C5H9FN2O6P2.C4H12FNO6P2.C3H10FNO6P2/c1-25(15)21-28(18,22-26(2)16)9(10,5-12-4-3-11-6-12)27(17,7-19-23-13)8-20-24-14;1-3-4-6-10(2)7-5-8(9,17(11,12)13)18(14,15)16;6-5(15(9,10)11,16(12,13)14)3-8-2-1-7-4-8;5-4(2-1-3-6,13(7,8)9)14(10,11)12;4-3(1-2-5,12(6,7)8)13(9,10)11/h3-4,6H,5,7-8H2,1-2H3;3-7H2,1-2H3,(H2,11,12,13)(H2,14,15,16);1-2,4H,3H2,(H2,9,10,11)(H2,12,13,14);1-3,6H2,(H2,7,8,9)(H2,10,11,12);1-2,5H2,(H2,6,7,8)(H2,9,10,11)/q+2;;;;. The number of hydrogen-bond donors (Lipinski definition) is 18. The van der Waals surface area contributed by atoms with E-state index in [2.05, 4.69) is 27.6 Å². The molecule has 0 aliphatic carbocycles. The van der Waals surface area contributed by atoms with Crippen LogP contribution < -0.4 is 11.5 Å². The molecule has 524 valence electrons. The highest BCUT2D eigenvalue weighted by Crippen LogP contribution is 2.82. The maximum Gasteiger partial charge on any atom is 0.513 e. The van der Waals surface area contributed by atoms with Gasteiger partial charge in [-0.3, -0.25) is 45.6 Å². The molecule has 3 unspecified atom stereocenters. The molecular formula is C29H66F5N7O34P14+2. The molecule has 2 rings (SSSR count). The van der Waals surface area contributed by atoms with Crippen LogP contribution in [0.2, 0.25) is 0 Å². The van der Waals surface area contributed by atoms with Gasteiger partial charge in [-0.2, -0.15) is 0 Å². The molecular weight excluding hydrogens is 1520 g/mol. The Balaban J connectivity index is -0.00000107. The normalized spacial score (nSPS) is 16.0. The van der Waals surface area contributed by atoms with Crippen LogP contribution >= 0.6 is 109 Å². The van der Waals surface area contributed by atoms with E-state index in [1.54, 1.807) is 11.9 Å². The van der Waals surface area contributed by atoms with Crippen LogP contribution in [0.3, 0.4) is 0 Å². The molecule has 60 heteroatoms. The summed E-state index contributed by atoms with van der Waals surface area (Å²) in [5.74, 6) is 0. The molecule has 2 heterocycles. The van der Waals surface area contributed by atoms with Gasteiger partial charge in [-0.05, 0) is 48.7 Å². The quantitative estimate of drug-likeness (QED) is 0.0313. The summed E-state index contributed by atoms with van der Waals surface area (Å²) in [6, 6.07) is 0. The fraction of sp³-hybridized carbons (Fsp3) is 0.793. The zero-order valence-corrected chi connectivity index (χ0v) is 58.4. The highest BCUT2D eigenvalue weighted by molar-refractivity contribution is 7.82. The molecule has 2 aromatic heterocycles. The fourth-order valence-electron chi connectivity index (χ4n) is 5.70. The van der Waals surface area contributed by atoms with E-state index in [1.807, 2.05) is 6.92 Å². The van der Waals surface area contributed by atoms with Crippen LogP contribution in [0, 0.1) is 0 Å². The van der Waals surface area contributed by atoms with Gasteiger partial charge < -0.3 is 108 Å². The lowest BCUT2D eigenvalue weighted by Crippen LogP contribution is -2.32. The number of nitrogens with zero attached hydrogens (tertiary/aromatic N) is 5. The van der Waals surface area contributed by atoms with Gasteiger partial charge in [0.05, 0.1) is 25.7 Å². The Morgan fingerprint density at radius 3 is 1.07 bits per heavy atom. The van der Waals surface area contributed by atoms with Crippen LogP contribution in [0.15, 0.2) is 37.4 Å². The van der Waals surface area contributed by atoms with Gasteiger partial charge in [0.25, 0.3) is 5.15 Å². The molecule has 41 nitrogen and oxygen atoms in total. The third-order valence-corrected chi connectivity index (χ3v) is 35.2. The van der Waals surface area contributed by atoms with Gasteiger partial charge >= 0.3 is 122 Å². The highest BCUT2D eigenvalue weighted by atomic mass is 31.3. The van der Waals surface area contributed by atoms with Gasteiger partial charge in [0.15, 0.2) is 20.5 Å². The van der Waals surface area contributed by atoms with Crippen molar-refractivity contribution < 1.29 is 182 Å². The van der Waals surface area contributed by atoms with Gasteiger partial charge in [0, 0.05) is 50.6 Å². The number of imidazole rings is 2. The average molecular weight is 1590 g/mol. The molecule has 0 radical (unpaired) electrons. The van der Waals surface area contributed by atoms with Crippen LogP contribution in [0.25, 0.3) is 0 Å². The van der Waals surface area contributed by atoms with Crippen LogP contribution in [-0.4, -0.2) is 187 Å². The van der Waals surface area contributed by atoms with Crippen molar-refractivity contribution >= 4 is 109 Å². The zero-order valence-electron chi connectivity index (χ0n) is 45.9. The van der Waals surface area contributed by atoms with Gasteiger partial charge in [-0.25, -0.2) is 45.6 Å². The molecule has 0 spiro atoms. The van der Waals surface area contributed by atoms with Crippen molar-refractivity contribution in [1.29, 1.82) is 0 Å². The number of rotatable bonds is 35. The smallest absolute Gasteiger partial charge is 0.333 e. The summed E-state index contributed by atoms with van der Waals surface area (Å²) in [7, 11) is -60.4. The van der Waals surface area contributed by atoms with Crippen molar-refractivity contribution in [2.75, 3.05) is 59.3 Å². The van der Waals surface area contributed by atoms with Crippen molar-refractivity contribution in [1.82, 2.24) is 24.0 Å². The Labute approximate surface area is 505 Å². The van der Waals surface area contributed by atoms with Crippen LogP contribution in [0.4, 0.5) is 22.0 Å². The van der Waals surface area contributed by atoms with E-state index in [-0.39, 0.29) is 19.5 Å². The Morgan fingerprint density at radius 2 is 0.820 bits per heavy atom. The Hall–Kier alpha value is -0.150. The van der Waals surface area contributed by atoms with Crippen LogP contribution in [0.1, 0.15) is 45.4 Å². The maximum atomic E-state index is 16.4. The third-order valence-electron chi connectivity index (χ3n) is 10.4. The van der Waals surface area contributed by atoms with E-state index < -0.39 is 186 Å². The van der Waals surface area contributed by atoms with E-state index in [0.29, 0.717) is 6.54 Å². The summed E-state index contributed by atoms with van der Waals surface area (Å²) in [6.45, 7) is 1.35. The summed E-state index contributed by atoms with van der Waals surface area (Å²) in [5.41, 5.74) is 9.73. The minimum Gasteiger partial charge on any atom is -0.333 e. The van der Waals surface area contributed by atoms with Crippen molar-refractivity contribution in [2.45, 2.75) is 84.3 Å². The monoisotopic (exact) mass is 1580 g/mol. The first-order chi connectivity index (χ1) is 39.7. The van der Waals surface area contributed by atoms with Crippen molar-refractivity contribution in [3.63, 3.8) is 0 Å². The first-order valence-corrected chi connectivity index (χ1v) is 44.1. The second-order valence-electron chi connectivity index (χ2n) is 17.3. The summed E-state index contributed by atoms with van der Waals surface area (Å²) in [4.78, 5) is 146. The summed E-state index contributed by atoms with van der Waals surface area (Å²) >= 11 is 0. The molecule has 0 aliphatic heterocycles. The molecule has 0 aliphatic rings. The van der Waals surface area contributed by atoms with Crippen LogP contribution in [-0.2, 0) is 94.7 Å². The number of hydrogen-bond acceptors (Lipinski definition) is 23. The molecule has 20 N–H and O–H groups in total. The largest absolute Gasteiger partial charge is 0.513 e. The summed E-state index contributed by atoms with van der Waals surface area (Å²) in [6.07, 6.45) is 3.11. The minimum absolute atomic E-state index is 0.119. The number of aromatic nitrogens is 4. The lowest BCUT2D eigenvalue weighted by Gasteiger charge is -2.32. The number of unbranched alkanes of at least 4 members (excludes halogenated alkanes) is 1. The maximum absolute atomic E-state index is 16.4. The molecule has 0 fully saturated rings. The van der Waals surface area contributed by atoms with Crippen LogP contribution in [0.5, 0.6) is 0 Å². The molecule has 0 bridgehead atoms. The first kappa shape index (κ1) is 93.0. The molecule has 0 aromatic carbocycles. The molecule has 3 atom stereocenters. The Morgan fingerprint density at radius 1 is 0.506 bits per heavy atom. The Bertz CT molecular complexity index is 2950. The van der Waals surface area contributed by atoms with Gasteiger partial charge in [-0.1, -0.05) is 22.0 Å². The fourth-order valence-corrected chi connectivity index (χ4v) is 24.0. The summed E-state index contributed by atoms with van der Waals surface area (Å²) in [5, 5.41) is -19.0. The molecule has 0 amide bonds. The van der Waals surface area contributed by atoms with Crippen molar-refractivity contribution in [3.05, 3.63) is 37.4 Å². The van der Waals surface area contributed by atoms with E-state index in [9.17, 15) is 81.5 Å². The molecule has 0 saturated carbocycles. The first-order valence-electron chi connectivity index (χ1n) is 22.9. The van der Waals surface area contributed by atoms with Crippen molar-refractivity contribution in [3.8, 4) is 0 Å². The molecule has 2 aromatic rings. The van der Waals surface area contributed by atoms with E-state index >= 15 is 4.39 Å². The van der Waals surface area contributed by atoms with Gasteiger partial charge in [-0.15, -0.1) is 0 Å². The number of alkyl halides is 5. The third kappa shape index (κ3) is 27.7. The highest BCUT2D eigenvalue weighted by Gasteiger charge is 2.71. The summed E-state index contributed by atoms with van der Waals surface area (Å²) < 4.78 is 248. The van der Waals surface area contributed by atoms with E-state index in [4.69, 9.17) is 89.8 Å². The van der Waals surface area contributed by atoms with Crippen molar-refractivity contribution in [2.24, 2.45) is 11.5 Å². The van der Waals surface area contributed by atoms with Gasteiger partial charge in [0.1, 0.15) is 12.7 Å². The second-order valence-corrected chi connectivity index (χ2v) is 42.1. The Kier molecular flexibility index (Phi) is 39.2. The lowest BCUT2D eigenvalue weighted by molar-refractivity contribution is 0.193. The SMILES string of the molecule is CCCCN(C)CCC(F)(P(=O)(O)O)P(=O)(O)O.C[P+](=O)OP(=O)(O[P+](C)=O)C(F)(Cn1ccnc1)P(=O)(COP=O)COP=O.NCCC(F)(P(=O)(O)O)P(=O)(O)O.NCCCC(F)(P(=O)(O)O)P(=O)(O)O.O=P(O)(O)C(F)(Cn1ccnc1)P(=O)(O)O. The number of halogens is 5. The second kappa shape index (κ2) is 37.5. The minimum atomic E-state index is -5.63.